The number of aliphatic carboxylic acids is 2. The number of aromatic amines is 1. The van der Waals surface area contributed by atoms with Crippen LogP contribution < -0.4 is 5.73 Å². The number of aliphatic hydroxyl groups is 1. The van der Waals surface area contributed by atoms with Gasteiger partial charge in [0.25, 0.3) is 0 Å². The molecule has 4 rings (SSSR count). The Morgan fingerprint density at radius 1 is 0.829 bits per heavy atom. The maximum atomic E-state index is 11.1. The Hall–Kier alpha value is -5.61. The summed E-state index contributed by atoms with van der Waals surface area (Å²) >= 11 is 0. The first-order valence-corrected chi connectivity index (χ1v) is 12.4. The number of aromatic nitrogens is 2. The van der Waals surface area contributed by atoms with Crippen molar-refractivity contribution in [1.29, 1.82) is 5.41 Å². The van der Waals surface area contributed by atoms with Crippen molar-refractivity contribution < 1.29 is 29.7 Å². The third-order valence-electron chi connectivity index (χ3n) is 6.14. The first kappa shape index (κ1) is 28.4. The quantitative estimate of drug-likeness (QED) is 0.119. The Balaban J connectivity index is 1.70. The molecular formula is C31H26N4O6. The Morgan fingerprint density at radius 2 is 1.37 bits per heavy atom. The maximum absolute atomic E-state index is 11.1. The number of nitrogens with one attached hydrogen (secondary N) is 2. The smallest absolute Gasteiger partial charge is 0.332 e. The summed E-state index contributed by atoms with van der Waals surface area (Å²) in [5.74, 6) is -2.42. The topological polar surface area (TPSA) is 190 Å². The van der Waals surface area contributed by atoms with Crippen LogP contribution in [0.15, 0.2) is 84.9 Å². The van der Waals surface area contributed by atoms with E-state index in [-0.39, 0.29) is 12.1 Å². The van der Waals surface area contributed by atoms with Gasteiger partial charge in [-0.2, -0.15) is 0 Å². The van der Waals surface area contributed by atoms with Gasteiger partial charge in [0, 0.05) is 41.0 Å². The molecule has 0 radical (unpaired) electrons. The highest BCUT2D eigenvalue weighted by molar-refractivity contribution is 6.00. The van der Waals surface area contributed by atoms with E-state index in [1.807, 2.05) is 36.4 Å². The molecule has 0 aliphatic heterocycles. The van der Waals surface area contributed by atoms with E-state index in [1.54, 1.807) is 42.5 Å². The average Bonchev–Trinajstić information content (AvgIpc) is 3.41. The van der Waals surface area contributed by atoms with Gasteiger partial charge in [-0.3, -0.25) is 4.79 Å². The molecule has 10 heteroatoms. The first-order chi connectivity index (χ1) is 19.6. The number of aliphatic hydroxyl groups excluding tert-OH is 1. The van der Waals surface area contributed by atoms with Crippen LogP contribution in [0.2, 0.25) is 0 Å². The summed E-state index contributed by atoms with van der Waals surface area (Å²) in [6, 6.07) is 21.5. The number of hydrogen-bond donors (Lipinski definition) is 6. The molecule has 206 valence electrons. The van der Waals surface area contributed by atoms with Crippen LogP contribution in [0.3, 0.4) is 0 Å². The van der Waals surface area contributed by atoms with E-state index < -0.39 is 23.9 Å². The van der Waals surface area contributed by atoms with Crippen molar-refractivity contribution in [3.8, 4) is 33.9 Å². The molecule has 4 aromatic rings. The number of rotatable bonds is 11. The lowest BCUT2D eigenvalue weighted by Gasteiger charge is -2.07. The van der Waals surface area contributed by atoms with E-state index in [1.165, 1.54) is 12.2 Å². The molecular weight excluding hydrogens is 524 g/mol. The minimum absolute atomic E-state index is 0.00483. The lowest BCUT2D eigenvalue weighted by Crippen LogP contribution is -2.23. The molecule has 0 aliphatic carbocycles. The molecule has 1 aromatic heterocycles. The van der Waals surface area contributed by atoms with Crippen LogP contribution in [0.25, 0.3) is 46.1 Å². The van der Waals surface area contributed by atoms with Gasteiger partial charge in [0.05, 0.1) is 11.4 Å². The molecule has 3 aromatic carbocycles. The Kier molecular flexibility index (Phi) is 8.66. The van der Waals surface area contributed by atoms with Crippen LogP contribution in [0.1, 0.15) is 23.1 Å². The number of nitrogens with zero attached hydrogens (tertiary/aromatic N) is 1. The zero-order chi connectivity index (χ0) is 29.5. The zero-order valence-electron chi connectivity index (χ0n) is 21.6. The van der Waals surface area contributed by atoms with Crippen LogP contribution in [0.5, 0.6) is 0 Å². The minimum atomic E-state index is -1.65. The summed E-state index contributed by atoms with van der Waals surface area (Å²) in [5.41, 5.74) is 10.9. The van der Waals surface area contributed by atoms with Gasteiger partial charge >= 0.3 is 11.9 Å². The van der Waals surface area contributed by atoms with Gasteiger partial charge < -0.3 is 31.4 Å². The standard InChI is InChI=1S/C31H26N4O6/c32-24(17-25(36)31(40)41)20-11-13-23(14-12-20)30-34-28(21-7-1-18(2-8-21)5-15-26(33)37)29(35-30)22-9-3-19(4-10-22)6-16-27(38)39/h1-16,25,32,36H,17H2,(H2,33,37)(H,34,35)(H,38,39)(H,40,41)/b15-5+,16-6+,32-24?. The number of benzene rings is 3. The predicted molar refractivity (Wildman–Crippen MR) is 155 cm³/mol. The fraction of sp³-hybridized carbons (Fsp3) is 0.0645. The number of carboxylic acids is 2. The number of carbonyl (C=O) groups is 3. The predicted octanol–water partition coefficient (Wildman–Crippen LogP) is 4.21. The molecule has 0 aliphatic rings. The SMILES string of the molecule is N=C(CC(O)C(=O)O)c1ccc(-c2nc(-c3ccc(/C=C/C(N)=O)cc3)c(-c3ccc(/C=C/C(=O)O)cc3)[nH]2)cc1. The van der Waals surface area contributed by atoms with Crippen LogP contribution in [0, 0.1) is 5.41 Å². The second-order valence-corrected chi connectivity index (χ2v) is 9.07. The second-order valence-electron chi connectivity index (χ2n) is 9.07. The van der Waals surface area contributed by atoms with Crippen molar-refractivity contribution in [2.24, 2.45) is 5.73 Å². The molecule has 0 spiro atoms. The van der Waals surface area contributed by atoms with Crippen LogP contribution >= 0.6 is 0 Å². The normalized spacial score (nSPS) is 12.0. The molecule has 1 amide bonds. The first-order valence-electron chi connectivity index (χ1n) is 12.4. The van der Waals surface area contributed by atoms with Crippen LogP contribution in [-0.4, -0.2) is 54.9 Å². The lowest BCUT2D eigenvalue weighted by molar-refractivity contribution is -0.146. The maximum Gasteiger partial charge on any atom is 0.332 e. The van der Waals surface area contributed by atoms with Crippen LogP contribution in [0.4, 0.5) is 0 Å². The number of carboxylic acid groups (broad SMARTS) is 2. The Morgan fingerprint density at radius 3 is 1.90 bits per heavy atom. The highest BCUT2D eigenvalue weighted by atomic mass is 16.4. The van der Waals surface area contributed by atoms with Crippen molar-refractivity contribution in [3.63, 3.8) is 0 Å². The van der Waals surface area contributed by atoms with Gasteiger partial charge in [0.15, 0.2) is 6.10 Å². The summed E-state index contributed by atoms with van der Waals surface area (Å²) in [6.45, 7) is 0. The number of nitrogens with two attached hydrogens (primary N) is 1. The average molecular weight is 551 g/mol. The van der Waals surface area contributed by atoms with Crippen molar-refractivity contribution in [2.75, 3.05) is 0 Å². The third kappa shape index (κ3) is 7.28. The molecule has 1 atom stereocenters. The Labute approximate surface area is 234 Å². The van der Waals surface area contributed by atoms with Gasteiger partial charge in [-0.1, -0.05) is 72.8 Å². The molecule has 0 saturated carbocycles. The summed E-state index contributed by atoms with van der Waals surface area (Å²) in [4.78, 5) is 41.1. The van der Waals surface area contributed by atoms with Gasteiger partial charge in [-0.15, -0.1) is 0 Å². The molecule has 0 bridgehead atoms. The van der Waals surface area contributed by atoms with Gasteiger partial charge in [-0.25, -0.2) is 14.6 Å². The summed E-state index contributed by atoms with van der Waals surface area (Å²) < 4.78 is 0. The number of amides is 1. The monoisotopic (exact) mass is 550 g/mol. The largest absolute Gasteiger partial charge is 0.479 e. The fourth-order valence-electron chi connectivity index (χ4n) is 4.01. The molecule has 10 nitrogen and oxygen atoms in total. The van der Waals surface area contributed by atoms with E-state index in [2.05, 4.69) is 4.98 Å². The van der Waals surface area contributed by atoms with E-state index in [9.17, 15) is 19.5 Å². The van der Waals surface area contributed by atoms with E-state index >= 15 is 0 Å². The van der Waals surface area contributed by atoms with Gasteiger partial charge in [0.1, 0.15) is 5.82 Å². The third-order valence-corrected chi connectivity index (χ3v) is 6.14. The minimum Gasteiger partial charge on any atom is -0.479 e. The van der Waals surface area contributed by atoms with Crippen molar-refractivity contribution >= 4 is 35.7 Å². The fourth-order valence-corrected chi connectivity index (χ4v) is 4.01. The highest BCUT2D eigenvalue weighted by Gasteiger charge is 2.18. The molecule has 1 unspecified atom stereocenters. The number of hydrogen-bond acceptors (Lipinski definition) is 6. The summed E-state index contributed by atoms with van der Waals surface area (Å²) in [7, 11) is 0. The van der Waals surface area contributed by atoms with E-state index in [4.69, 9.17) is 26.3 Å². The highest BCUT2D eigenvalue weighted by Crippen LogP contribution is 2.33. The van der Waals surface area contributed by atoms with Crippen molar-refractivity contribution in [3.05, 3.63) is 102 Å². The van der Waals surface area contributed by atoms with Crippen molar-refractivity contribution in [2.45, 2.75) is 12.5 Å². The number of primary amides is 1. The molecule has 41 heavy (non-hydrogen) atoms. The van der Waals surface area contributed by atoms with E-state index in [0.29, 0.717) is 22.6 Å². The zero-order valence-corrected chi connectivity index (χ0v) is 21.6. The van der Waals surface area contributed by atoms with Gasteiger partial charge in [-0.05, 0) is 28.8 Å². The molecule has 0 saturated heterocycles. The number of carbonyl (C=O) groups excluding carboxylic acids is 1. The number of H-pyrrole nitrogens is 1. The molecule has 7 N–H and O–H groups in total. The summed E-state index contributed by atoms with van der Waals surface area (Å²) in [6.07, 6.45) is 3.49. The number of imidazole rings is 1. The lowest BCUT2D eigenvalue weighted by atomic mass is 10.0. The second kappa shape index (κ2) is 12.5. The van der Waals surface area contributed by atoms with Crippen LogP contribution in [-0.2, 0) is 14.4 Å². The Bertz CT molecular complexity index is 1570. The van der Waals surface area contributed by atoms with Crippen molar-refractivity contribution in [1.82, 2.24) is 9.97 Å². The molecule has 0 fully saturated rings. The summed E-state index contributed by atoms with van der Waals surface area (Å²) in [5, 5.41) is 35.5. The van der Waals surface area contributed by atoms with Gasteiger partial charge in [0.2, 0.25) is 5.91 Å². The van der Waals surface area contributed by atoms with E-state index in [0.717, 1.165) is 34.0 Å². The molecule has 1 heterocycles.